The fourth-order valence-corrected chi connectivity index (χ4v) is 1.60. The molecule has 1 saturated heterocycles. The molecule has 0 aromatic carbocycles. The lowest BCUT2D eigenvalue weighted by atomic mass is 9.92. The number of rotatable bonds is 0. The van der Waals surface area contributed by atoms with Crippen molar-refractivity contribution in [3.05, 3.63) is 12.2 Å². The summed E-state index contributed by atoms with van der Waals surface area (Å²) in [6.45, 7) is 0. The SMILES string of the molecule is CN1C(=O)C2C=CCC21. The molecular formula is C7H9NO. The van der Waals surface area contributed by atoms with Crippen LogP contribution in [0.25, 0.3) is 0 Å². The van der Waals surface area contributed by atoms with Gasteiger partial charge in [0.15, 0.2) is 0 Å². The third-order valence-corrected chi connectivity index (χ3v) is 2.27. The van der Waals surface area contributed by atoms with Gasteiger partial charge in [0.05, 0.1) is 5.92 Å². The van der Waals surface area contributed by atoms with Crippen molar-refractivity contribution in [3.8, 4) is 0 Å². The van der Waals surface area contributed by atoms with Crippen LogP contribution in [-0.4, -0.2) is 23.9 Å². The molecule has 2 rings (SSSR count). The monoisotopic (exact) mass is 123 g/mol. The topological polar surface area (TPSA) is 20.3 Å². The van der Waals surface area contributed by atoms with Gasteiger partial charge in [-0.25, -0.2) is 0 Å². The van der Waals surface area contributed by atoms with Gasteiger partial charge >= 0.3 is 0 Å². The van der Waals surface area contributed by atoms with Gasteiger partial charge in [-0.2, -0.15) is 0 Å². The fraction of sp³-hybridized carbons (Fsp3) is 0.571. The number of carbonyl (C=O) groups is 1. The lowest BCUT2D eigenvalue weighted by molar-refractivity contribution is -0.148. The minimum atomic E-state index is 0.245. The highest BCUT2D eigenvalue weighted by Crippen LogP contribution is 2.33. The molecule has 9 heavy (non-hydrogen) atoms. The van der Waals surface area contributed by atoms with Gasteiger partial charge in [0.2, 0.25) is 5.91 Å². The van der Waals surface area contributed by atoms with Crippen LogP contribution in [0.2, 0.25) is 0 Å². The third kappa shape index (κ3) is 0.435. The van der Waals surface area contributed by atoms with Crippen molar-refractivity contribution >= 4 is 5.91 Å². The van der Waals surface area contributed by atoms with Gasteiger partial charge in [0.1, 0.15) is 0 Å². The molecule has 1 aliphatic heterocycles. The second kappa shape index (κ2) is 1.38. The van der Waals surface area contributed by atoms with Gasteiger partial charge in [-0.05, 0) is 6.42 Å². The molecule has 2 aliphatic rings. The van der Waals surface area contributed by atoms with E-state index < -0.39 is 0 Å². The summed E-state index contributed by atoms with van der Waals surface area (Å²) in [6, 6.07) is 0.512. The predicted octanol–water partition coefficient (Wildman–Crippen LogP) is 0.403. The minimum absolute atomic E-state index is 0.245. The van der Waals surface area contributed by atoms with Crippen LogP contribution in [-0.2, 0) is 4.79 Å². The maximum atomic E-state index is 10.9. The first-order valence-corrected chi connectivity index (χ1v) is 3.24. The first-order chi connectivity index (χ1) is 4.30. The lowest BCUT2D eigenvalue weighted by Gasteiger charge is -2.40. The van der Waals surface area contributed by atoms with E-state index in [1.54, 1.807) is 0 Å². The Kier molecular flexibility index (Phi) is 0.770. The van der Waals surface area contributed by atoms with Gasteiger partial charge in [-0.15, -0.1) is 0 Å². The van der Waals surface area contributed by atoms with Crippen molar-refractivity contribution < 1.29 is 4.79 Å². The van der Waals surface area contributed by atoms with Crippen LogP contribution in [0, 0.1) is 5.92 Å². The van der Waals surface area contributed by atoms with Gasteiger partial charge in [0.25, 0.3) is 0 Å². The molecule has 2 nitrogen and oxygen atoms in total. The number of likely N-dealkylation sites (tertiary alicyclic amines) is 1. The Labute approximate surface area is 54.1 Å². The molecule has 0 radical (unpaired) electrons. The predicted molar refractivity (Wildman–Crippen MR) is 33.8 cm³/mol. The normalized spacial score (nSPS) is 38.8. The maximum Gasteiger partial charge on any atom is 0.231 e. The van der Waals surface area contributed by atoms with Crippen molar-refractivity contribution in [2.24, 2.45) is 5.92 Å². The summed E-state index contributed by atoms with van der Waals surface area (Å²) in [7, 11) is 1.87. The second-order valence-corrected chi connectivity index (χ2v) is 2.71. The average Bonchev–Trinajstić information content (AvgIpc) is 2.30. The highest BCUT2D eigenvalue weighted by Gasteiger charge is 2.44. The molecule has 0 spiro atoms. The van der Waals surface area contributed by atoms with E-state index in [-0.39, 0.29) is 11.8 Å². The van der Waals surface area contributed by atoms with Gasteiger partial charge in [0, 0.05) is 13.1 Å². The summed E-state index contributed by atoms with van der Waals surface area (Å²) >= 11 is 0. The maximum absolute atomic E-state index is 10.9. The average molecular weight is 123 g/mol. The van der Waals surface area contributed by atoms with E-state index in [9.17, 15) is 4.79 Å². The first-order valence-electron chi connectivity index (χ1n) is 3.24. The number of nitrogens with zero attached hydrogens (tertiary/aromatic N) is 1. The van der Waals surface area contributed by atoms with Crippen LogP contribution in [0.4, 0.5) is 0 Å². The van der Waals surface area contributed by atoms with Crippen LogP contribution in [0.3, 0.4) is 0 Å². The Hall–Kier alpha value is -0.790. The Balaban J connectivity index is 2.21. The molecule has 1 amide bonds. The Morgan fingerprint density at radius 2 is 2.56 bits per heavy atom. The van der Waals surface area contributed by atoms with E-state index in [2.05, 4.69) is 6.08 Å². The van der Waals surface area contributed by atoms with E-state index in [4.69, 9.17) is 0 Å². The Morgan fingerprint density at radius 3 is 3.22 bits per heavy atom. The van der Waals surface area contributed by atoms with Crippen LogP contribution >= 0.6 is 0 Å². The van der Waals surface area contributed by atoms with E-state index in [0.29, 0.717) is 6.04 Å². The molecule has 1 fully saturated rings. The van der Waals surface area contributed by atoms with Gasteiger partial charge in [-0.1, -0.05) is 12.2 Å². The lowest BCUT2D eigenvalue weighted by Crippen LogP contribution is -2.55. The van der Waals surface area contributed by atoms with E-state index in [0.717, 1.165) is 6.42 Å². The smallest absolute Gasteiger partial charge is 0.231 e. The highest BCUT2D eigenvalue weighted by molar-refractivity contribution is 5.88. The zero-order chi connectivity index (χ0) is 6.43. The minimum Gasteiger partial charge on any atom is -0.341 e. The molecule has 0 bridgehead atoms. The van der Waals surface area contributed by atoms with E-state index >= 15 is 0 Å². The molecule has 0 N–H and O–H groups in total. The molecule has 0 aromatic heterocycles. The largest absolute Gasteiger partial charge is 0.341 e. The first kappa shape index (κ1) is 5.03. The molecule has 2 atom stereocenters. The van der Waals surface area contributed by atoms with Gasteiger partial charge < -0.3 is 4.90 Å². The number of hydrogen-bond donors (Lipinski definition) is 0. The number of β-lactam (4-membered cyclic amide) rings is 1. The van der Waals surface area contributed by atoms with Crippen LogP contribution in [0.5, 0.6) is 0 Å². The Morgan fingerprint density at radius 1 is 1.78 bits per heavy atom. The zero-order valence-corrected chi connectivity index (χ0v) is 5.37. The van der Waals surface area contributed by atoms with Crippen molar-refractivity contribution in [1.29, 1.82) is 0 Å². The molecule has 48 valence electrons. The number of hydrogen-bond acceptors (Lipinski definition) is 1. The molecule has 0 saturated carbocycles. The van der Waals surface area contributed by atoms with Crippen molar-refractivity contribution in [2.75, 3.05) is 7.05 Å². The van der Waals surface area contributed by atoms with Crippen LogP contribution in [0.15, 0.2) is 12.2 Å². The summed E-state index contributed by atoms with van der Waals surface area (Å²) in [6.07, 6.45) is 5.18. The number of fused-ring (bicyclic) bond motifs is 1. The van der Waals surface area contributed by atoms with Crippen molar-refractivity contribution in [3.63, 3.8) is 0 Å². The van der Waals surface area contributed by atoms with Crippen molar-refractivity contribution in [1.82, 2.24) is 4.90 Å². The van der Waals surface area contributed by atoms with Gasteiger partial charge in [-0.3, -0.25) is 4.79 Å². The molecule has 2 unspecified atom stereocenters. The van der Waals surface area contributed by atoms with Crippen LogP contribution in [0.1, 0.15) is 6.42 Å². The summed E-state index contributed by atoms with van der Waals surface area (Å²) in [5.74, 6) is 0.531. The number of amides is 1. The highest BCUT2D eigenvalue weighted by atomic mass is 16.2. The molecular weight excluding hydrogens is 114 g/mol. The standard InChI is InChI=1S/C7H9NO/c1-8-6-4-2-3-5(6)7(8)9/h2-3,5-6H,4H2,1H3. The molecule has 1 heterocycles. The molecule has 1 aliphatic carbocycles. The zero-order valence-electron chi connectivity index (χ0n) is 5.37. The fourth-order valence-electron chi connectivity index (χ4n) is 1.60. The summed E-state index contributed by atoms with van der Waals surface area (Å²) in [5, 5.41) is 0. The summed E-state index contributed by atoms with van der Waals surface area (Å²) in [4.78, 5) is 12.7. The van der Waals surface area contributed by atoms with E-state index in [1.165, 1.54) is 0 Å². The quantitative estimate of drug-likeness (QED) is 0.337. The van der Waals surface area contributed by atoms with Crippen LogP contribution < -0.4 is 0 Å². The third-order valence-electron chi connectivity index (χ3n) is 2.27. The number of carbonyl (C=O) groups excluding carboxylic acids is 1. The van der Waals surface area contributed by atoms with Crippen molar-refractivity contribution in [2.45, 2.75) is 12.5 Å². The molecule has 2 heteroatoms. The Bertz CT molecular complexity index is 185. The second-order valence-electron chi connectivity index (χ2n) is 2.71. The molecule has 0 aromatic rings. The summed E-state index contributed by atoms with van der Waals surface area (Å²) < 4.78 is 0. The summed E-state index contributed by atoms with van der Waals surface area (Å²) in [5.41, 5.74) is 0. The van der Waals surface area contributed by atoms with E-state index in [1.807, 2.05) is 18.0 Å².